The molecule has 0 spiro atoms. The van der Waals surface area contributed by atoms with Crippen LogP contribution in [0.1, 0.15) is 17.0 Å². The minimum Gasteiger partial charge on any atom is -0.332 e. The van der Waals surface area contributed by atoms with Crippen LogP contribution in [-0.4, -0.2) is 15.1 Å². The molecule has 0 aliphatic rings. The zero-order valence-electron chi connectivity index (χ0n) is 10.9. The van der Waals surface area contributed by atoms with E-state index in [1.807, 2.05) is 42.5 Å². The maximum atomic E-state index is 5.54. The normalized spacial score (nSPS) is 10.7. The molecule has 0 unspecified atom stereocenters. The van der Waals surface area contributed by atoms with Crippen LogP contribution in [0.15, 0.2) is 53.2 Å². The SMILES string of the molecule is NCc1ccc(-c2nc(Cc3ccccc3)no2)nc1. The number of rotatable bonds is 4. The van der Waals surface area contributed by atoms with Gasteiger partial charge in [-0.1, -0.05) is 41.6 Å². The lowest BCUT2D eigenvalue weighted by molar-refractivity contribution is 0.422. The van der Waals surface area contributed by atoms with Gasteiger partial charge in [-0.2, -0.15) is 4.98 Å². The molecule has 2 N–H and O–H groups in total. The molecule has 0 aliphatic heterocycles. The van der Waals surface area contributed by atoms with Crippen molar-refractivity contribution >= 4 is 0 Å². The molecule has 5 nitrogen and oxygen atoms in total. The van der Waals surface area contributed by atoms with Gasteiger partial charge in [0.25, 0.3) is 5.89 Å². The first-order valence-corrected chi connectivity index (χ1v) is 6.37. The summed E-state index contributed by atoms with van der Waals surface area (Å²) in [5.74, 6) is 1.08. The molecular weight excluding hydrogens is 252 g/mol. The maximum Gasteiger partial charge on any atom is 0.276 e. The third-order valence-electron chi connectivity index (χ3n) is 2.95. The Morgan fingerprint density at radius 3 is 2.55 bits per heavy atom. The maximum absolute atomic E-state index is 5.54. The van der Waals surface area contributed by atoms with Crippen molar-refractivity contribution in [1.29, 1.82) is 0 Å². The standard InChI is InChI=1S/C15H14N4O/c16-9-12-6-7-13(17-10-12)15-18-14(19-20-15)8-11-4-2-1-3-5-11/h1-7,10H,8-9,16H2. The topological polar surface area (TPSA) is 77.8 Å². The van der Waals surface area contributed by atoms with Crippen LogP contribution in [0.25, 0.3) is 11.6 Å². The third-order valence-corrected chi connectivity index (χ3v) is 2.95. The van der Waals surface area contributed by atoms with Gasteiger partial charge in [-0.3, -0.25) is 4.98 Å². The molecule has 3 aromatic rings. The summed E-state index contributed by atoms with van der Waals surface area (Å²) in [6.45, 7) is 0.469. The molecule has 0 fully saturated rings. The van der Waals surface area contributed by atoms with Crippen molar-refractivity contribution in [2.24, 2.45) is 5.73 Å². The van der Waals surface area contributed by atoms with Crippen molar-refractivity contribution in [1.82, 2.24) is 15.1 Å². The van der Waals surface area contributed by atoms with E-state index in [4.69, 9.17) is 10.3 Å². The molecule has 3 rings (SSSR count). The van der Waals surface area contributed by atoms with Crippen LogP contribution in [0.2, 0.25) is 0 Å². The van der Waals surface area contributed by atoms with Crippen LogP contribution in [0.4, 0.5) is 0 Å². The van der Waals surface area contributed by atoms with E-state index < -0.39 is 0 Å². The molecule has 5 heteroatoms. The zero-order chi connectivity index (χ0) is 13.8. The highest BCUT2D eigenvalue weighted by atomic mass is 16.5. The summed E-state index contributed by atoms with van der Waals surface area (Å²) in [7, 11) is 0. The van der Waals surface area contributed by atoms with Gasteiger partial charge >= 0.3 is 0 Å². The predicted octanol–water partition coefficient (Wildman–Crippen LogP) is 2.18. The van der Waals surface area contributed by atoms with Crippen LogP contribution >= 0.6 is 0 Å². The van der Waals surface area contributed by atoms with Crippen molar-refractivity contribution < 1.29 is 4.52 Å². The number of nitrogens with zero attached hydrogens (tertiary/aromatic N) is 3. The molecular formula is C15H14N4O. The average molecular weight is 266 g/mol. The summed E-state index contributed by atoms with van der Waals surface area (Å²) in [6.07, 6.45) is 2.36. The molecule has 0 aliphatic carbocycles. The first-order chi connectivity index (χ1) is 9.85. The Morgan fingerprint density at radius 1 is 1.00 bits per heavy atom. The number of nitrogens with two attached hydrogens (primary N) is 1. The average Bonchev–Trinajstić information content (AvgIpc) is 2.97. The van der Waals surface area contributed by atoms with Crippen molar-refractivity contribution in [3.8, 4) is 11.6 Å². The molecule has 100 valence electrons. The molecule has 0 bridgehead atoms. The Balaban J connectivity index is 1.79. The van der Waals surface area contributed by atoms with E-state index in [9.17, 15) is 0 Å². The summed E-state index contributed by atoms with van der Waals surface area (Å²) in [5.41, 5.74) is 8.31. The number of hydrogen-bond donors (Lipinski definition) is 1. The Bertz CT molecular complexity index is 677. The van der Waals surface area contributed by atoms with E-state index >= 15 is 0 Å². The van der Waals surface area contributed by atoms with E-state index in [-0.39, 0.29) is 0 Å². The second-order valence-electron chi connectivity index (χ2n) is 4.43. The Morgan fingerprint density at radius 2 is 1.85 bits per heavy atom. The molecule has 0 amide bonds. The largest absolute Gasteiger partial charge is 0.332 e. The Labute approximate surface area is 116 Å². The highest BCUT2D eigenvalue weighted by Gasteiger charge is 2.10. The second-order valence-corrected chi connectivity index (χ2v) is 4.43. The highest BCUT2D eigenvalue weighted by Crippen LogP contribution is 2.16. The van der Waals surface area contributed by atoms with E-state index in [0.29, 0.717) is 30.4 Å². The summed E-state index contributed by atoms with van der Waals surface area (Å²) in [6, 6.07) is 13.8. The van der Waals surface area contributed by atoms with E-state index in [2.05, 4.69) is 15.1 Å². The lowest BCUT2D eigenvalue weighted by atomic mass is 10.1. The van der Waals surface area contributed by atoms with Crippen LogP contribution in [0, 0.1) is 0 Å². The fourth-order valence-corrected chi connectivity index (χ4v) is 1.88. The van der Waals surface area contributed by atoms with Gasteiger partial charge in [0.15, 0.2) is 5.82 Å². The molecule has 2 heterocycles. The minimum absolute atomic E-state index is 0.430. The quantitative estimate of drug-likeness (QED) is 0.783. The van der Waals surface area contributed by atoms with Gasteiger partial charge in [0, 0.05) is 19.2 Å². The minimum atomic E-state index is 0.430. The van der Waals surface area contributed by atoms with Crippen molar-refractivity contribution in [3.05, 3.63) is 65.6 Å². The summed E-state index contributed by atoms with van der Waals surface area (Å²) < 4.78 is 5.24. The lowest BCUT2D eigenvalue weighted by Crippen LogP contribution is -1.97. The van der Waals surface area contributed by atoms with Crippen LogP contribution in [0.3, 0.4) is 0 Å². The van der Waals surface area contributed by atoms with Gasteiger partial charge in [0.1, 0.15) is 5.69 Å². The third kappa shape index (κ3) is 2.73. The number of benzene rings is 1. The zero-order valence-corrected chi connectivity index (χ0v) is 10.9. The van der Waals surface area contributed by atoms with Gasteiger partial charge in [-0.25, -0.2) is 0 Å². The molecule has 0 saturated carbocycles. The summed E-state index contributed by atoms with van der Waals surface area (Å²) in [5, 5.41) is 3.98. The van der Waals surface area contributed by atoms with Crippen LogP contribution < -0.4 is 5.73 Å². The molecule has 0 radical (unpaired) electrons. The highest BCUT2D eigenvalue weighted by molar-refractivity contribution is 5.46. The van der Waals surface area contributed by atoms with Crippen molar-refractivity contribution in [2.75, 3.05) is 0 Å². The van der Waals surface area contributed by atoms with Gasteiger partial charge in [0.2, 0.25) is 0 Å². The predicted molar refractivity (Wildman–Crippen MR) is 74.7 cm³/mol. The molecule has 0 saturated heterocycles. The van der Waals surface area contributed by atoms with Crippen LogP contribution in [0.5, 0.6) is 0 Å². The lowest BCUT2D eigenvalue weighted by Gasteiger charge is -1.96. The van der Waals surface area contributed by atoms with Crippen molar-refractivity contribution in [3.63, 3.8) is 0 Å². The molecule has 20 heavy (non-hydrogen) atoms. The van der Waals surface area contributed by atoms with E-state index in [0.717, 1.165) is 11.1 Å². The number of aromatic nitrogens is 3. The Hall–Kier alpha value is -2.53. The molecule has 1 aromatic carbocycles. The van der Waals surface area contributed by atoms with Crippen LogP contribution in [-0.2, 0) is 13.0 Å². The van der Waals surface area contributed by atoms with Crippen molar-refractivity contribution in [2.45, 2.75) is 13.0 Å². The number of hydrogen-bond acceptors (Lipinski definition) is 5. The number of pyridine rings is 1. The van der Waals surface area contributed by atoms with Gasteiger partial charge in [-0.15, -0.1) is 0 Å². The smallest absolute Gasteiger partial charge is 0.276 e. The first kappa shape index (κ1) is 12.5. The second kappa shape index (κ2) is 5.63. The fraction of sp³-hybridized carbons (Fsp3) is 0.133. The first-order valence-electron chi connectivity index (χ1n) is 6.37. The van der Waals surface area contributed by atoms with Gasteiger partial charge in [-0.05, 0) is 17.2 Å². The summed E-state index contributed by atoms with van der Waals surface area (Å²) >= 11 is 0. The monoisotopic (exact) mass is 266 g/mol. The Kier molecular flexibility index (Phi) is 3.52. The van der Waals surface area contributed by atoms with Gasteiger partial charge in [0.05, 0.1) is 0 Å². The molecule has 2 aromatic heterocycles. The van der Waals surface area contributed by atoms with Gasteiger partial charge < -0.3 is 10.3 Å². The van der Waals surface area contributed by atoms with E-state index in [1.54, 1.807) is 6.20 Å². The summed E-state index contributed by atoms with van der Waals surface area (Å²) in [4.78, 5) is 8.62. The van der Waals surface area contributed by atoms with E-state index in [1.165, 1.54) is 0 Å². The molecule has 0 atom stereocenters. The fourth-order valence-electron chi connectivity index (χ4n) is 1.88.